The monoisotopic (exact) mass is 455 g/mol. The van der Waals surface area contributed by atoms with Gasteiger partial charge in [-0.1, -0.05) is 0 Å². The number of pyridine rings is 1. The van der Waals surface area contributed by atoms with Crippen LogP contribution in [0.5, 0.6) is 0 Å². The van der Waals surface area contributed by atoms with E-state index in [1.807, 2.05) is 6.07 Å². The number of carbonyl (C=O) groups is 1. The number of ether oxygens (including phenoxy) is 1. The molecule has 4 heterocycles. The number of halogens is 1. The Kier molecular flexibility index (Phi) is 5.71. The van der Waals surface area contributed by atoms with Gasteiger partial charge in [0.15, 0.2) is 5.65 Å². The molecule has 174 valence electrons. The van der Waals surface area contributed by atoms with E-state index in [1.165, 1.54) is 10.7 Å². The molecule has 3 N–H and O–H groups in total. The molecule has 2 atom stereocenters. The Labute approximate surface area is 189 Å². The molecule has 5 rings (SSSR count). The van der Waals surface area contributed by atoms with Crippen LogP contribution in [0.2, 0.25) is 0 Å². The third-order valence-corrected chi connectivity index (χ3v) is 6.30. The standard InChI is InChI=1S/C22H26FN7O3/c1-24-19-11-18(26-17-3-2-8-29(22(17)32)13-6-9-33-10-7-13)28-20-14(12-25-30(19)20)21(31)27-16-5-4-15(16)23/h2-3,8,11-13,15-16,24H,4-7,9-10H2,1H3,(H,26,28)(H,27,31)/t15-,16?/m0/s1. The highest BCUT2D eigenvalue weighted by Crippen LogP contribution is 2.25. The summed E-state index contributed by atoms with van der Waals surface area (Å²) < 4.78 is 22.3. The summed E-state index contributed by atoms with van der Waals surface area (Å²) in [5, 5.41) is 13.1. The van der Waals surface area contributed by atoms with Gasteiger partial charge in [-0.15, -0.1) is 0 Å². The number of anilines is 3. The van der Waals surface area contributed by atoms with Crippen LogP contribution >= 0.6 is 0 Å². The van der Waals surface area contributed by atoms with Gasteiger partial charge in [0.1, 0.15) is 29.1 Å². The summed E-state index contributed by atoms with van der Waals surface area (Å²) in [6, 6.07) is 4.83. The van der Waals surface area contributed by atoms with Crippen LogP contribution in [0.25, 0.3) is 5.65 Å². The molecule has 2 aliphatic rings. The van der Waals surface area contributed by atoms with Gasteiger partial charge in [0, 0.05) is 38.6 Å². The minimum atomic E-state index is -1.02. The molecular formula is C22H26FN7O3. The van der Waals surface area contributed by atoms with Crippen LogP contribution in [0.3, 0.4) is 0 Å². The zero-order valence-electron chi connectivity index (χ0n) is 18.3. The predicted octanol–water partition coefficient (Wildman–Crippen LogP) is 2.26. The van der Waals surface area contributed by atoms with Gasteiger partial charge >= 0.3 is 0 Å². The SMILES string of the molecule is CNc1cc(Nc2cccn(C3CCOCC3)c2=O)nc2c(C(=O)NC3CC[C@@H]3F)cnn12. The van der Waals surface area contributed by atoms with E-state index in [2.05, 4.69) is 26.0 Å². The second-order valence-corrected chi connectivity index (χ2v) is 8.35. The lowest BCUT2D eigenvalue weighted by Gasteiger charge is -2.30. The molecule has 3 aromatic rings. The van der Waals surface area contributed by atoms with E-state index >= 15 is 0 Å². The van der Waals surface area contributed by atoms with E-state index < -0.39 is 18.1 Å². The average molecular weight is 455 g/mol. The number of alkyl halides is 1. The van der Waals surface area contributed by atoms with Crippen LogP contribution in [0, 0.1) is 0 Å². The van der Waals surface area contributed by atoms with Crippen molar-refractivity contribution in [3.63, 3.8) is 0 Å². The summed E-state index contributed by atoms with van der Waals surface area (Å²) in [6.45, 7) is 1.27. The maximum Gasteiger partial charge on any atom is 0.274 e. The number of amides is 1. The fourth-order valence-corrected chi connectivity index (χ4v) is 4.23. The number of hydrogen-bond donors (Lipinski definition) is 3. The maximum atomic E-state index is 13.6. The van der Waals surface area contributed by atoms with Gasteiger partial charge in [0.2, 0.25) is 0 Å². The van der Waals surface area contributed by atoms with Crippen molar-refractivity contribution in [1.29, 1.82) is 0 Å². The fraction of sp³-hybridized carbons (Fsp3) is 0.455. The number of fused-ring (bicyclic) bond motifs is 1. The van der Waals surface area contributed by atoms with E-state index in [9.17, 15) is 14.0 Å². The van der Waals surface area contributed by atoms with Crippen molar-refractivity contribution in [1.82, 2.24) is 24.5 Å². The molecule has 1 aliphatic carbocycles. The Morgan fingerprint density at radius 1 is 1.24 bits per heavy atom. The molecule has 0 bridgehead atoms. The molecule has 1 saturated carbocycles. The molecule has 3 aromatic heterocycles. The van der Waals surface area contributed by atoms with Crippen molar-refractivity contribution in [3.8, 4) is 0 Å². The summed E-state index contributed by atoms with van der Waals surface area (Å²) in [5.41, 5.74) is 0.768. The highest BCUT2D eigenvalue weighted by molar-refractivity contribution is 6.00. The fourth-order valence-electron chi connectivity index (χ4n) is 4.23. The molecular weight excluding hydrogens is 429 g/mol. The molecule has 1 saturated heterocycles. The minimum absolute atomic E-state index is 0.0901. The Morgan fingerprint density at radius 2 is 2.06 bits per heavy atom. The van der Waals surface area contributed by atoms with Crippen molar-refractivity contribution in [3.05, 3.63) is 46.5 Å². The van der Waals surface area contributed by atoms with E-state index in [1.54, 1.807) is 29.9 Å². The van der Waals surface area contributed by atoms with Gasteiger partial charge in [-0.3, -0.25) is 9.59 Å². The largest absolute Gasteiger partial charge is 0.381 e. The van der Waals surface area contributed by atoms with Crippen molar-refractivity contribution < 1.29 is 13.9 Å². The van der Waals surface area contributed by atoms with Crippen LogP contribution in [0.1, 0.15) is 42.1 Å². The first-order chi connectivity index (χ1) is 16.0. The summed E-state index contributed by atoms with van der Waals surface area (Å²) >= 11 is 0. The normalized spacial score (nSPS) is 20.9. The molecule has 2 fully saturated rings. The van der Waals surface area contributed by atoms with Gasteiger partial charge in [0.05, 0.1) is 12.2 Å². The van der Waals surface area contributed by atoms with Crippen molar-refractivity contribution in [2.24, 2.45) is 0 Å². The zero-order valence-corrected chi connectivity index (χ0v) is 18.3. The van der Waals surface area contributed by atoms with E-state index in [0.29, 0.717) is 49.0 Å². The summed E-state index contributed by atoms with van der Waals surface area (Å²) in [6.07, 6.45) is 4.81. The Morgan fingerprint density at radius 3 is 2.76 bits per heavy atom. The first kappa shape index (κ1) is 21.4. The third kappa shape index (κ3) is 4.04. The minimum Gasteiger partial charge on any atom is -0.381 e. The maximum absolute atomic E-state index is 13.6. The lowest BCUT2D eigenvalue weighted by molar-refractivity contribution is 0.0687. The first-order valence-electron chi connectivity index (χ1n) is 11.1. The summed E-state index contributed by atoms with van der Waals surface area (Å²) in [7, 11) is 1.72. The number of nitrogens with one attached hydrogen (secondary N) is 3. The van der Waals surface area contributed by atoms with Crippen LogP contribution in [-0.4, -0.2) is 57.5 Å². The third-order valence-electron chi connectivity index (χ3n) is 6.30. The van der Waals surface area contributed by atoms with E-state index in [-0.39, 0.29) is 17.2 Å². The van der Waals surface area contributed by atoms with Gasteiger partial charge in [0.25, 0.3) is 11.5 Å². The van der Waals surface area contributed by atoms with Crippen LogP contribution in [-0.2, 0) is 4.74 Å². The molecule has 33 heavy (non-hydrogen) atoms. The molecule has 11 heteroatoms. The number of rotatable bonds is 6. The number of carbonyl (C=O) groups excluding carboxylic acids is 1. The topological polar surface area (TPSA) is 115 Å². The van der Waals surface area contributed by atoms with Crippen molar-refractivity contribution in [2.45, 2.75) is 43.9 Å². The second-order valence-electron chi connectivity index (χ2n) is 8.35. The van der Waals surface area contributed by atoms with Gasteiger partial charge < -0.3 is 25.3 Å². The molecule has 0 aromatic carbocycles. The number of nitrogens with zero attached hydrogens (tertiary/aromatic N) is 4. The molecule has 1 unspecified atom stereocenters. The second kappa shape index (κ2) is 8.81. The molecule has 0 radical (unpaired) electrons. The van der Waals surface area contributed by atoms with Gasteiger partial charge in [-0.2, -0.15) is 9.61 Å². The summed E-state index contributed by atoms with van der Waals surface area (Å²) in [4.78, 5) is 30.4. The highest BCUT2D eigenvalue weighted by Gasteiger charge is 2.33. The quantitative estimate of drug-likeness (QED) is 0.522. The molecule has 0 spiro atoms. The van der Waals surface area contributed by atoms with Gasteiger partial charge in [-0.05, 0) is 37.8 Å². The van der Waals surface area contributed by atoms with Crippen molar-refractivity contribution in [2.75, 3.05) is 30.9 Å². The van der Waals surface area contributed by atoms with Crippen LogP contribution in [0.4, 0.5) is 21.7 Å². The molecule has 10 nitrogen and oxygen atoms in total. The highest BCUT2D eigenvalue weighted by atomic mass is 19.1. The molecule has 1 amide bonds. The Balaban J connectivity index is 1.46. The Hall–Kier alpha value is -3.47. The smallest absolute Gasteiger partial charge is 0.274 e. The lowest BCUT2D eigenvalue weighted by Crippen LogP contribution is -2.48. The van der Waals surface area contributed by atoms with Crippen LogP contribution < -0.4 is 21.5 Å². The van der Waals surface area contributed by atoms with Gasteiger partial charge in [-0.25, -0.2) is 9.37 Å². The number of hydrogen-bond acceptors (Lipinski definition) is 7. The lowest BCUT2D eigenvalue weighted by atomic mass is 9.90. The summed E-state index contributed by atoms with van der Waals surface area (Å²) in [5.74, 6) is 0.537. The average Bonchev–Trinajstić information content (AvgIpc) is 3.27. The van der Waals surface area contributed by atoms with Crippen LogP contribution in [0.15, 0.2) is 35.4 Å². The predicted molar refractivity (Wildman–Crippen MR) is 121 cm³/mol. The Bertz CT molecular complexity index is 1230. The van der Waals surface area contributed by atoms with E-state index in [4.69, 9.17) is 4.74 Å². The zero-order chi connectivity index (χ0) is 22.9. The first-order valence-corrected chi connectivity index (χ1v) is 11.1. The molecule has 1 aliphatic heterocycles. The van der Waals surface area contributed by atoms with E-state index in [0.717, 1.165) is 12.8 Å². The van der Waals surface area contributed by atoms with Crippen molar-refractivity contribution >= 4 is 28.9 Å². The number of aromatic nitrogens is 4.